The quantitative estimate of drug-likeness (QED) is 0.0573. The molecular formula is C36H64O2. The average molecular weight is 529 g/mol. The molecule has 0 bridgehead atoms. The highest BCUT2D eigenvalue weighted by molar-refractivity contribution is 5.82. The summed E-state index contributed by atoms with van der Waals surface area (Å²) >= 11 is 0. The van der Waals surface area contributed by atoms with E-state index in [1.807, 2.05) is 0 Å². The number of unbranched alkanes of at least 4 members (excludes halogenated alkanes) is 21. The van der Waals surface area contributed by atoms with Crippen LogP contribution in [0, 0.1) is 5.92 Å². The highest BCUT2D eigenvalue weighted by atomic mass is 16.6. The number of esters is 1. The highest BCUT2D eigenvalue weighted by Crippen LogP contribution is 2.32. The first-order chi connectivity index (χ1) is 18.8. The molecule has 0 aliphatic carbocycles. The lowest BCUT2D eigenvalue weighted by Crippen LogP contribution is -2.32. The highest BCUT2D eigenvalue weighted by Gasteiger charge is 2.36. The average Bonchev–Trinajstić information content (AvgIpc) is 2.92. The number of allylic oxidation sites excluding steroid dienone is 5. The molecule has 220 valence electrons. The van der Waals surface area contributed by atoms with E-state index in [9.17, 15) is 4.79 Å². The molecule has 0 aromatic heterocycles. The van der Waals surface area contributed by atoms with Gasteiger partial charge in [0.2, 0.25) is 0 Å². The lowest BCUT2D eigenvalue weighted by Gasteiger charge is -2.28. The van der Waals surface area contributed by atoms with Gasteiger partial charge in [0.05, 0.1) is 0 Å². The van der Waals surface area contributed by atoms with E-state index in [-0.39, 0.29) is 11.9 Å². The van der Waals surface area contributed by atoms with Gasteiger partial charge in [-0.2, -0.15) is 0 Å². The second-order valence-electron chi connectivity index (χ2n) is 11.6. The monoisotopic (exact) mass is 528 g/mol. The summed E-state index contributed by atoms with van der Waals surface area (Å²) in [6.45, 7) is 4.56. The van der Waals surface area contributed by atoms with Crippen LogP contribution in [0.4, 0.5) is 0 Å². The van der Waals surface area contributed by atoms with E-state index >= 15 is 0 Å². The Morgan fingerprint density at radius 2 is 0.868 bits per heavy atom. The largest absolute Gasteiger partial charge is 0.430 e. The predicted octanol–water partition coefficient (Wildman–Crippen LogP) is 12.3. The van der Waals surface area contributed by atoms with Crippen molar-refractivity contribution in [2.24, 2.45) is 5.92 Å². The molecular weight excluding hydrogens is 464 g/mol. The van der Waals surface area contributed by atoms with Crippen LogP contribution < -0.4 is 0 Å². The van der Waals surface area contributed by atoms with Crippen LogP contribution in [0.25, 0.3) is 0 Å². The fourth-order valence-electron chi connectivity index (χ4n) is 5.29. The fourth-order valence-corrected chi connectivity index (χ4v) is 5.29. The van der Waals surface area contributed by atoms with Gasteiger partial charge in [-0.1, -0.05) is 134 Å². The molecule has 0 aromatic carbocycles. The summed E-state index contributed by atoms with van der Waals surface area (Å²) in [5.74, 6) is 1.02. The molecule has 1 saturated heterocycles. The van der Waals surface area contributed by atoms with Crippen molar-refractivity contribution < 1.29 is 9.53 Å². The molecule has 0 amide bonds. The fraction of sp³-hybridized carbons (Fsp3) is 0.806. The normalized spacial score (nSPS) is 16.6. The number of hydrogen-bond donors (Lipinski definition) is 0. The van der Waals surface area contributed by atoms with Gasteiger partial charge in [-0.3, -0.25) is 4.79 Å². The molecule has 1 unspecified atom stereocenters. The summed E-state index contributed by atoms with van der Waals surface area (Å²) in [6, 6.07) is 0. The zero-order valence-electron chi connectivity index (χ0n) is 25.7. The Hall–Kier alpha value is -1.31. The van der Waals surface area contributed by atoms with Crippen molar-refractivity contribution in [1.29, 1.82) is 0 Å². The van der Waals surface area contributed by atoms with E-state index in [0.29, 0.717) is 0 Å². The molecule has 1 heterocycles. The molecule has 38 heavy (non-hydrogen) atoms. The summed E-state index contributed by atoms with van der Waals surface area (Å²) in [7, 11) is 0. The smallest absolute Gasteiger partial charge is 0.321 e. The van der Waals surface area contributed by atoms with Crippen molar-refractivity contribution in [3.63, 3.8) is 0 Å². The minimum absolute atomic E-state index is 0.00150. The third-order valence-electron chi connectivity index (χ3n) is 7.91. The van der Waals surface area contributed by atoms with Crippen molar-refractivity contribution in [2.75, 3.05) is 0 Å². The molecule has 1 aliphatic heterocycles. The first kappa shape index (κ1) is 34.7. The van der Waals surface area contributed by atoms with Gasteiger partial charge in [-0.15, -0.1) is 0 Å². The Kier molecular flexibility index (Phi) is 24.9. The maximum atomic E-state index is 11.9. The third-order valence-corrected chi connectivity index (χ3v) is 7.91. The Balaban J connectivity index is 1.91. The van der Waals surface area contributed by atoms with Crippen LogP contribution in [0.5, 0.6) is 0 Å². The predicted molar refractivity (Wildman–Crippen MR) is 167 cm³/mol. The van der Waals surface area contributed by atoms with E-state index in [1.54, 1.807) is 0 Å². The Labute approximate surface area is 238 Å². The minimum Gasteiger partial charge on any atom is -0.430 e. The van der Waals surface area contributed by atoms with Gasteiger partial charge in [0.25, 0.3) is 0 Å². The first-order valence-corrected chi connectivity index (χ1v) is 17.0. The van der Waals surface area contributed by atoms with Crippen molar-refractivity contribution in [3.8, 4) is 0 Å². The zero-order chi connectivity index (χ0) is 27.4. The maximum Gasteiger partial charge on any atom is 0.321 e. The molecule has 0 aromatic rings. The number of cyclic esters (lactones) is 1. The standard InChI is InChI=1S/C36H64O2/c1-3-5-7-9-11-13-15-17-19-21-23-25-27-29-31-33-35-34(36(37)38-35)32-30-28-26-24-22-20-18-16-14-12-10-8-6-4-2/h17-20,33-34H,3-16,21-32H2,1-2H3/b19-17+,20-18-,35-33-. The molecule has 2 nitrogen and oxygen atoms in total. The van der Waals surface area contributed by atoms with E-state index in [1.165, 1.54) is 148 Å². The van der Waals surface area contributed by atoms with Gasteiger partial charge < -0.3 is 4.74 Å². The minimum atomic E-state index is 0.00150. The number of ether oxygens (including phenoxy) is 1. The third kappa shape index (κ3) is 20.6. The van der Waals surface area contributed by atoms with Crippen molar-refractivity contribution in [2.45, 2.75) is 181 Å². The van der Waals surface area contributed by atoms with Crippen LogP contribution in [-0.4, -0.2) is 5.97 Å². The van der Waals surface area contributed by atoms with E-state index in [2.05, 4.69) is 44.2 Å². The molecule has 2 heteroatoms. The van der Waals surface area contributed by atoms with Crippen molar-refractivity contribution in [3.05, 3.63) is 36.1 Å². The van der Waals surface area contributed by atoms with Gasteiger partial charge in [0.15, 0.2) is 0 Å². The number of hydrogen-bond acceptors (Lipinski definition) is 2. The summed E-state index contributed by atoms with van der Waals surface area (Å²) in [6.07, 6.45) is 45.4. The van der Waals surface area contributed by atoms with Crippen LogP contribution >= 0.6 is 0 Å². The van der Waals surface area contributed by atoms with Crippen LogP contribution in [0.1, 0.15) is 181 Å². The van der Waals surface area contributed by atoms with Crippen LogP contribution in [-0.2, 0) is 9.53 Å². The second kappa shape index (κ2) is 27.3. The van der Waals surface area contributed by atoms with Crippen molar-refractivity contribution in [1.82, 2.24) is 0 Å². The lowest BCUT2D eigenvalue weighted by atomic mass is 9.93. The second-order valence-corrected chi connectivity index (χ2v) is 11.6. The maximum absolute atomic E-state index is 11.9. The van der Waals surface area contributed by atoms with Crippen LogP contribution in [0.15, 0.2) is 36.1 Å². The first-order valence-electron chi connectivity index (χ1n) is 17.0. The topological polar surface area (TPSA) is 26.3 Å². The van der Waals surface area contributed by atoms with Gasteiger partial charge in [0, 0.05) is 0 Å². The summed E-state index contributed by atoms with van der Waals surface area (Å²) in [5.41, 5.74) is 0. The molecule has 1 fully saturated rings. The Morgan fingerprint density at radius 1 is 0.500 bits per heavy atom. The van der Waals surface area contributed by atoms with Crippen molar-refractivity contribution >= 4 is 5.97 Å². The Morgan fingerprint density at radius 3 is 1.29 bits per heavy atom. The van der Waals surface area contributed by atoms with E-state index < -0.39 is 0 Å². The molecule has 0 radical (unpaired) electrons. The molecule has 1 atom stereocenters. The number of carbonyl (C=O) groups is 1. The lowest BCUT2D eigenvalue weighted by molar-refractivity contribution is -0.157. The zero-order valence-corrected chi connectivity index (χ0v) is 25.7. The summed E-state index contributed by atoms with van der Waals surface area (Å²) in [4.78, 5) is 11.9. The molecule has 0 saturated carbocycles. The molecule has 1 aliphatic rings. The van der Waals surface area contributed by atoms with E-state index in [4.69, 9.17) is 4.74 Å². The van der Waals surface area contributed by atoms with Gasteiger partial charge in [-0.05, 0) is 76.7 Å². The Bertz CT molecular complexity index is 615. The van der Waals surface area contributed by atoms with Gasteiger partial charge in [0.1, 0.15) is 11.7 Å². The summed E-state index contributed by atoms with van der Waals surface area (Å²) in [5, 5.41) is 0. The molecule has 0 N–H and O–H groups in total. The number of carbonyl (C=O) groups excluding carboxylic acids is 1. The molecule has 1 rings (SSSR count). The van der Waals surface area contributed by atoms with Gasteiger partial charge >= 0.3 is 5.97 Å². The SMILES string of the molecule is CCCCCCCC/C=C\CCCCCCC1C(=O)O/C1=C\CCCCCC/C=C/CCCCCCCC. The van der Waals surface area contributed by atoms with Gasteiger partial charge in [-0.25, -0.2) is 0 Å². The molecule has 0 spiro atoms. The number of rotatable bonds is 28. The van der Waals surface area contributed by atoms with Crippen LogP contribution in [0.2, 0.25) is 0 Å². The van der Waals surface area contributed by atoms with E-state index in [0.717, 1.165) is 25.0 Å². The summed E-state index contributed by atoms with van der Waals surface area (Å²) < 4.78 is 5.34. The van der Waals surface area contributed by atoms with Crippen LogP contribution in [0.3, 0.4) is 0 Å².